The molecule has 0 aliphatic carbocycles. The minimum Gasteiger partial charge on any atom is -0.348 e. The van der Waals surface area contributed by atoms with E-state index >= 15 is 0 Å². The van der Waals surface area contributed by atoms with Gasteiger partial charge < -0.3 is 5.32 Å². The van der Waals surface area contributed by atoms with Crippen molar-refractivity contribution in [2.24, 2.45) is 0 Å². The van der Waals surface area contributed by atoms with Gasteiger partial charge in [0.1, 0.15) is 11.6 Å². The molecule has 0 radical (unpaired) electrons. The fourth-order valence-corrected chi connectivity index (χ4v) is 4.27. The molecule has 2 heterocycles. The molecule has 1 aliphatic heterocycles. The summed E-state index contributed by atoms with van der Waals surface area (Å²) in [7, 11) is 0. The van der Waals surface area contributed by atoms with Crippen molar-refractivity contribution in [1.82, 2.24) is 20.2 Å². The van der Waals surface area contributed by atoms with Crippen LogP contribution >= 0.6 is 0 Å². The predicted molar refractivity (Wildman–Crippen MR) is 123 cm³/mol. The second-order valence-electron chi connectivity index (χ2n) is 8.51. The van der Waals surface area contributed by atoms with Crippen molar-refractivity contribution in [1.29, 1.82) is 0 Å². The van der Waals surface area contributed by atoms with E-state index in [2.05, 4.69) is 46.4 Å². The third kappa shape index (κ3) is 5.37. The van der Waals surface area contributed by atoms with Crippen molar-refractivity contribution < 1.29 is 9.18 Å². The van der Waals surface area contributed by atoms with Gasteiger partial charge in [-0.2, -0.15) is 0 Å². The Morgan fingerprint density at radius 1 is 1.12 bits per heavy atom. The highest BCUT2D eigenvalue weighted by Gasteiger charge is 2.27. The number of nitrogens with one attached hydrogen (secondary N) is 1. The summed E-state index contributed by atoms with van der Waals surface area (Å²) in [5.41, 5.74) is 4.54. The molecule has 2 aromatic carbocycles. The molecule has 1 saturated heterocycles. The van der Waals surface area contributed by atoms with E-state index in [1.807, 2.05) is 6.92 Å². The van der Waals surface area contributed by atoms with Gasteiger partial charge in [0.15, 0.2) is 0 Å². The maximum absolute atomic E-state index is 13.1. The number of nitrogens with zero attached hydrogens (tertiary/aromatic N) is 3. The van der Waals surface area contributed by atoms with E-state index in [9.17, 15) is 9.18 Å². The molecule has 0 saturated carbocycles. The molecule has 1 amide bonds. The molecule has 5 nitrogen and oxygen atoms in total. The summed E-state index contributed by atoms with van der Waals surface area (Å²) in [5, 5.41) is 2.87. The lowest BCUT2D eigenvalue weighted by atomic mass is 9.99. The molecule has 0 bridgehead atoms. The van der Waals surface area contributed by atoms with E-state index < -0.39 is 0 Å². The number of hydrogen-bond acceptors (Lipinski definition) is 4. The summed E-state index contributed by atoms with van der Waals surface area (Å²) < 4.78 is 13.1. The lowest BCUT2D eigenvalue weighted by molar-refractivity contribution is 0.0948. The molecule has 166 valence electrons. The van der Waals surface area contributed by atoms with Crippen LogP contribution in [0.3, 0.4) is 0 Å². The Morgan fingerprint density at radius 2 is 1.94 bits per heavy atom. The molecule has 1 atom stereocenters. The average Bonchev–Trinajstić information content (AvgIpc) is 2.79. The van der Waals surface area contributed by atoms with Gasteiger partial charge in [0, 0.05) is 19.3 Å². The van der Waals surface area contributed by atoms with E-state index in [1.54, 1.807) is 18.3 Å². The minimum absolute atomic E-state index is 0.152. The van der Waals surface area contributed by atoms with Gasteiger partial charge in [-0.25, -0.2) is 14.4 Å². The second kappa shape index (κ2) is 10.0. The topological polar surface area (TPSA) is 58.1 Å². The highest BCUT2D eigenvalue weighted by Crippen LogP contribution is 2.30. The van der Waals surface area contributed by atoms with Crippen LogP contribution in [0.4, 0.5) is 4.39 Å². The van der Waals surface area contributed by atoms with E-state index in [0.29, 0.717) is 17.8 Å². The van der Waals surface area contributed by atoms with Gasteiger partial charge in [0.25, 0.3) is 5.91 Å². The third-order valence-electron chi connectivity index (χ3n) is 5.99. The van der Waals surface area contributed by atoms with Gasteiger partial charge >= 0.3 is 0 Å². The van der Waals surface area contributed by atoms with Crippen LogP contribution in [0.15, 0.2) is 54.7 Å². The van der Waals surface area contributed by atoms with Gasteiger partial charge in [-0.3, -0.25) is 9.69 Å². The fourth-order valence-electron chi connectivity index (χ4n) is 4.27. The van der Waals surface area contributed by atoms with Crippen molar-refractivity contribution in [3.8, 4) is 0 Å². The number of amides is 1. The molecule has 1 aromatic heterocycles. The molecule has 0 spiro atoms. The van der Waals surface area contributed by atoms with Crippen LogP contribution in [0, 0.1) is 19.7 Å². The first kappa shape index (κ1) is 22.1. The number of aryl methyl sites for hydroxylation is 2. The Morgan fingerprint density at radius 3 is 2.69 bits per heavy atom. The smallest absolute Gasteiger partial charge is 0.254 e. The van der Waals surface area contributed by atoms with Gasteiger partial charge in [-0.1, -0.05) is 48.4 Å². The van der Waals surface area contributed by atoms with Gasteiger partial charge in [-0.15, -0.1) is 0 Å². The van der Waals surface area contributed by atoms with Crippen molar-refractivity contribution in [3.05, 3.63) is 94.3 Å². The summed E-state index contributed by atoms with van der Waals surface area (Å²) in [6, 6.07) is 14.9. The number of piperidine rings is 1. The molecule has 1 fully saturated rings. The number of rotatable bonds is 6. The standard InChI is InChI=1S/C26H29FN4O/c1-18-6-5-7-21(14-18)17-31-13-4-3-8-24(31)25-28-16-23(19(2)30-25)26(32)29-15-20-9-11-22(27)12-10-20/h5-7,9-12,14,16,24H,3-4,8,13,15,17H2,1-2H3,(H,29,32). The van der Waals surface area contributed by atoms with Crippen molar-refractivity contribution in [2.45, 2.75) is 52.2 Å². The molecule has 3 aromatic rings. The normalized spacial score (nSPS) is 16.7. The van der Waals surface area contributed by atoms with Crippen LogP contribution in [-0.4, -0.2) is 27.3 Å². The largest absolute Gasteiger partial charge is 0.348 e. The summed E-state index contributed by atoms with van der Waals surface area (Å²) >= 11 is 0. The first-order valence-electron chi connectivity index (χ1n) is 11.2. The Bertz CT molecular complexity index is 1080. The van der Waals surface area contributed by atoms with Gasteiger partial charge in [0.2, 0.25) is 0 Å². The summed E-state index contributed by atoms with van der Waals surface area (Å²) in [4.78, 5) is 24.4. The summed E-state index contributed by atoms with van der Waals surface area (Å²) in [6.45, 7) is 6.18. The zero-order valence-electron chi connectivity index (χ0n) is 18.6. The number of carbonyl (C=O) groups is 1. The number of carbonyl (C=O) groups excluding carboxylic acids is 1. The summed E-state index contributed by atoms with van der Waals surface area (Å²) in [5.74, 6) is 0.266. The zero-order valence-corrected chi connectivity index (χ0v) is 18.6. The molecule has 1 aliphatic rings. The van der Waals surface area contributed by atoms with Crippen molar-refractivity contribution in [3.63, 3.8) is 0 Å². The van der Waals surface area contributed by atoms with E-state index in [4.69, 9.17) is 4.98 Å². The van der Waals surface area contributed by atoms with Crippen molar-refractivity contribution >= 4 is 5.91 Å². The maximum Gasteiger partial charge on any atom is 0.254 e. The fraction of sp³-hybridized carbons (Fsp3) is 0.346. The maximum atomic E-state index is 13.1. The molecule has 4 rings (SSSR count). The average molecular weight is 433 g/mol. The van der Waals surface area contributed by atoms with E-state index in [1.165, 1.54) is 29.7 Å². The van der Waals surface area contributed by atoms with Crippen LogP contribution in [0.1, 0.15) is 63.9 Å². The Hall–Kier alpha value is -3.12. The number of aromatic nitrogens is 2. The number of hydrogen-bond donors (Lipinski definition) is 1. The first-order valence-corrected chi connectivity index (χ1v) is 11.2. The molecule has 1 N–H and O–H groups in total. The molecular weight excluding hydrogens is 403 g/mol. The quantitative estimate of drug-likeness (QED) is 0.603. The minimum atomic E-state index is -0.293. The van der Waals surface area contributed by atoms with Crippen LogP contribution < -0.4 is 5.32 Å². The monoisotopic (exact) mass is 432 g/mol. The Kier molecular flexibility index (Phi) is 6.90. The van der Waals surface area contributed by atoms with Crippen LogP contribution in [-0.2, 0) is 13.1 Å². The second-order valence-corrected chi connectivity index (χ2v) is 8.51. The molecule has 32 heavy (non-hydrogen) atoms. The lowest BCUT2D eigenvalue weighted by Gasteiger charge is -2.35. The van der Waals surface area contributed by atoms with E-state index in [-0.39, 0.29) is 17.8 Å². The van der Waals surface area contributed by atoms with Crippen LogP contribution in [0.2, 0.25) is 0 Å². The molecular formula is C26H29FN4O. The van der Waals surface area contributed by atoms with Crippen LogP contribution in [0.25, 0.3) is 0 Å². The van der Waals surface area contributed by atoms with Gasteiger partial charge in [0.05, 0.1) is 17.3 Å². The zero-order chi connectivity index (χ0) is 22.5. The van der Waals surface area contributed by atoms with E-state index in [0.717, 1.165) is 37.3 Å². The number of likely N-dealkylation sites (tertiary alicyclic amines) is 1. The molecule has 1 unspecified atom stereocenters. The van der Waals surface area contributed by atoms with Crippen molar-refractivity contribution in [2.75, 3.05) is 6.54 Å². The third-order valence-corrected chi connectivity index (χ3v) is 5.99. The predicted octanol–water partition coefficient (Wildman–Crippen LogP) is 4.89. The molecule has 6 heteroatoms. The highest BCUT2D eigenvalue weighted by atomic mass is 19.1. The Labute approximate surface area is 188 Å². The first-order chi connectivity index (χ1) is 15.5. The SMILES string of the molecule is Cc1cccc(CN2CCCCC2c2ncc(C(=O)NCc3ccc(F)cc3)c(C)n2)c1. The summed E-state index contributed by atoms with van der Waals surface area (Å²) in [6.07, 6.45) is 4.97. The Balaban J connectivity index is 1.45. The van der Waals surface area contributed by atoms with Gasteiger partial charge in [-0.05, 0) is 56.5 Å². The lowest BCUT2D eigenvalue weighted by Crippen LogP contribution is -2.34. The number of benzene rings is 2. The number of halogens is 1. The van der Waals surface area contributed by atoms with Crippen LogP contribution in [0.5, 0.6) is 0 Å². The highest BCUT2D eigenvalue weighted by molar-refractivity contribution is 5.94.